The highest BCUT2D eigenvalue weighted by atomic mass is 79.9. The second-order valence-electron chi connectivity index (χ2n) is 3.41. The third-order valence-corrected chi connectivity index (χ3v) is 4.95. The van der Waals surface area contributed by atoms with Crippen molar-refractivity contribution in [2.24, 2.45) is 0 Å². The first-order chi connectivity index (χ1) is 6.81. The number of hydrogen-bond acceptors (Lipinski definition) is 4. The molecule has 0 amide bonds. The fraction of sp³-hybridized carbons (Fsp3) is 0.778. The molecule has 2 rings (SSSR count). The van der Waals surface area contributed by atoms with Gasteiger partial charge in [-0.1, -0.05) is 34.2 Å². The van der Waals surface area contributed by atoms with Gasteiger partial charge in [0.15, 0.2) is 0 Å². The van der Waals surface area contributed by atoms with Crippen LogP contribution in [0.1, 0.15) is 40.5 Å². The topological polar surface area (TPSA) is 35.0 Å². The van der Waals surface area contributed by atoms with Gasteiger partial charge in [0.1, 0.15) is 10.0 Å². The van der Waals surface area contributed by atoms with Crippen molar-refractivity contribution in [1.29, 1.82) is 0 Å². The third kappa shape index (κ3) is 2.15. The molecule has 2 unspecified atom stereocenters. The molecule has 1 aliphatic rings. The molecule has 5 heteroatoms. The van der Waals surface area contributed by atoms with Crippen LogP contribution in [0.3, 0.4) is 0 Å². The molecule has 1 fully saturated rings. The summed E-state index contributed by atoms with van der Waals surface area (Å²) in [6, 6.07) is 0. The van der Waals surface area contributed by atoms with Gasteiger partial charge in [-0.25, -0.2) is 0 Å². The lowest BCUT2D eigenvalue weighted by Gasteiger charge is -2.00. The zero-order valence-corrected chi connectivity index (χ0v) is 10.5. The summed E-state index contributed by atoms with van der Waals surface area (Å²) in [5.74, 6) is 0.484. The molecule has 0 saturated carbocycles. The molecule has 1 saturated heterocycles. The summed E-state index contributed by atoms with van der Waals surface area (Å²) in [6.07, 6.45) is 2.14. The molecule has 78 valence electrons. The molecule has 14 heavy (non-hydrogen) atoms. The number of alkyl halides is 1. The second-order valence-corrected chi connectivity index (χ2v) is 5.56. The lowest BCUT2D eigenvalue weighted by Crippen LogP contribution is -1.95. The zero-order valence-electron chi connectivity index (χ0n) is 8.07. The molecular weight excluding hydrogens is 264 g/mol. The van der Waals surface area contributed by atoms with Gasteiger partial charge in [-0.3, -0.25) is 0 Å². The van der Waals surface area contributed by atoms with Crippen molar-refractivity contribution in [2.45, 2.75) is 30.5 Å². The predicted octanol–water partition coefficient (Wildman–Crippen LogP) is 2.89. The smallest absolute Gasteiger partial charge is 0.131 e. The Morgan fingerprint density at radius 3 is 3.14 bits per heavy atom. The van der Waals surface area contributed by atoms with E-state index < -0.39 is 0 Å². The van der Waals surface area contributed by atoms with Crippen molar-refractivity contribution in [3.8, 4) is 0 Å². The van der Waals surface area contributed by atoms with E-state index in [1.54, 1.807) is 11.3 Å². The Hall–Kier alpha value is -0.0000000000000000555. The van der Waals surface area contributed by atoms with Gasteiger partial charge >= 0.3 is 0 Å². The van der Waals surface area contributed by atoms with Crippen molar-refractivity contribution < 1.29 is 4.74 Å². The first kappa shape index (κ1) is 10.5. The molecule has 1 aromatic heterocycles. The Balaban J connectivity index is 2.08. The Kier molecular flexibility index (Phi) is 3.52. The van der Waals surface area contributed by atoms with Gasteiger partial charge in [-0.2, -0.15) is 0 Å². The number of nitrogens with zero attached hydrogens (tertiary/aromatic N) is 2. The van der Waals surface area contributed by atoms with Gasteiger partial charge < -0.3 is 4.74 Å². The highest BCUT2D eigenvalue weighted by molar-refractivity contribution is 9.09. The fourth-order valence-electron chi connectivity index (χ4n) is 1.44. The van der Waals surface area contributed by atoms with E-state index in [0.717, 1.165) is 36.1 Å². The van der Waals surface area contributed by atoms with Gasteiger partial charge in [0, 0.05) is 12.5 Å². The van der Waals surface area contributed by atoms with Crippen molar-refractivity contribution in [2.75, 3.05) is 13.2 Å². The lowest BCUT2D eigenvalue weighted by molar-refractivity contribution is 0.194. The molecule has 1 aromatic rings. The molecule has 3 nitrogen and oxygen atoms in total. The largest absolute Gasteiger partial charge is 0.381 e. The van der Waals surface area contributed by atoms with Crippen LogP contribution in [0.4, 0.5) is 0 Å². The van der Waals surface area contributed by atoms with Crippen molar-refractivity contribution >= 4 is 27.3 Å². The second kappa shape index (κ2) is 4.68. The molecule has 0 bridgehead atoms. The van der Waals surface area contributed by atoms with Gasteiger partial charge in [0.2, 0.25) is 0 Å². The third-order valence-electron chi connectivity index (χ3n) is 2.36. The monoisotopic (exact) mass is 276 g/mol. The SMILES string of the molecule is CCC(Br)c1nnc(C2CCOC2)s1. The van der Waals surface area contributed by atoms with Crippen LogP contribution < -0.4 is 0 Å². The van der Waals surface area contributed by atoms with E-state index in [9.17, 15) is 0 Å². The van der Waals surface area contributed by atoms with Crippen LogP contribution in [0, 0.1) is 0 Å². The van der Waals surface area contributed by atoms with E-state index >= 15 is 0 Å². The summed E-state index contributed by atoms with van der Waals surface area (Å²) in [4.78, 5) is 0.357. The normalized spacial score (nSPS) is 24.0. The van der Waals surface area contributed by atoms with E-state index in [2.05, 4.69) is 33.1 Å². The van der Waals surface area contributed by atoms with Gasteiger partial charge in [0.05, 0.1) is 11.4 Å². The number of ether oxygens (including phenoxy) is 1. The molecule has 0 radical (unpaired) electrons. The van der Waals surface area contributed by atoms with Crippen molar-refractivity contribution in [3.05, 3.63) is 10.0 Å². The van der Waals surface area contributed by atoms with Gasteiger partial charge in [-0.15, -0.1) is 10.2 Å². The first-order valence-electron chi connectivity index (χ1n) is 4.86. The van der Waals surface area contributed by atoms with E-state index in [-0.39, 0.29) is 0 Å². The molecule has 1 aliphatic heterocycles. The van der Waals surface area contributed by atoms with Crippen LogP contribution in [-0.2, 0) is 4.74 Å². The molecule has 0 spiro atoms. The number of halogens is 1. The molecule has 0 aliphatic carbocycles. The number of hydrogen-bond donors (Lipinski definition) is 0. The standard InChI is InChI=1S/C9H13BrN2OS/c1-2-7(10)9-12-11-8(14-9)6-3-4-13-5-6/h6-7H,2-5H2,1H3. The van der Waals surface area contributed by atoms with Crippen LogP contribution in [0.15, 0.2) is 0 Å². The average Bonchev–Trinajstić information content (AvgIpc) is 2.86. The Morgan fingerprint density at radius 1 is 1.64 bits per heavy atom. The van der Waals surface area contributed by atoms with E-state index in [1.807, 2.05) is 0 Å². The zero-order chi connectivity index (χ0) is 9.97. The molecular formula is C9H13BrN2OS. The maximum atomic E-state index is 5.33. The molecule has 2 atom stereocenters. The fourth-order valence-corrected chi connectivity index (χ4v) is 2.84. The van der Waals surface area contributed by atoms with Gasteiger partial charge in [0.25, 0.3) is 0 Å². The minimum absolute atomic E-state index is 0.357. The van der Waals surface area contributed by atoms with Crippen molar-refractivity contribution in [3.63, 3.8) is 0 Å². The molecule has 0 aromatic carbocycles. The number of aromatic nitrogens is 2. The highest BCUT2D eigenvalue weighted by Crippen LogP contribution is 2.33. The Bertz CT molecular complexity index is 299. The summed E-state index contributed by atoms with van der Waals surface area (Å²) < 4.78 is 5.33. The van der Waals surface area contributed by atoms with Crippen LogP contribution in [0.2, 0.25) is 0 Å². The van der Waals surface area contributed by atoms with Crippen molar-refractivity contribution in [1.82, 2.24) is 10.2 Å². The average molecular weight is 277 g/mol. The number of rotatable bonds is 3. The quantitative estimate of drug-likeness (QED) is 0.797. The highest BCUT2D eigenvalue weighted by Gasteiger charge is 2.22. The Labute approximate surface area is 96.0 Å². The summed E-state index contributed by atoms with van der Waals surface area (Å²) in [5.41, 5.74) is 0. The Morgan fingerprint density at radius 2 is 2.50 bits per heavy atom. The summed E-state index contributed by atoms with van der Waals surface area (Å²) in [6.45, 7) is 3.82. The van der Waals surface area contributed by atoms with E-state index in [4.69, 9.17) is 4.74 Å². The summed E-state index contributed by atoms with van der Waals surface area (Å²) in [7, 11) is 0. The molecule has 0 N–H and O–H groups in total. The van der Waals surface area contributed by atoms with Crippen LogP contribution in [0.5, 0.6) is 0 Å². The predicted molar refractivity (Wildman–Crippen MR) is 60.0 cm³/mol. The van der Waals surface area contributed by atoms with Gasteiger partial charge in [-0.05, 0) is 12.8 Å². The van der Waals surface area contributed by atoms with E-state index in [0.29, 0.717) is 10.7 Å². The van der Waals surface area contributed by atoms with E-state index in [1.165, 1.54) is 0 Å². The minimum atomic E-state index is 0.357. The van der Waals surface area contributed by atoms with Crippen LogP contribution in [-0.4, -0.2) is 23.4 Å². The summed E-state index contributed by atoms with van der Waals surface area (Å²) in [5, 5.41) is 10.7. The maximum Gasteiger partial charge on any atom is 0.131 e. The van der Waals surface area contributed by atoms with Crippen LogP contribution in [0.25, 0.3) is 0 Å². The summed E-state index contributed by atoms with van der Waals surface area (Å²) >= 11 is 5.30. The minimum Gasteiger partial charge on any atom is -0.381 e. The van der Waals surface area contributed by atoms with Crippen LogP contribution >= 0.6 is 27.3 Å². The maximum absolute atomic E-state index is 5.33. The first-order valence-corrected chi connectivity index (χ1v) is 6.59. The molecule has 2 heterocycles. The lowest BCUT2D eigenvalue weighted by atomic mass is 10.1.